The Morgan fingerprint density at radius 3 is 2.56 bits per heavy atom. The van der Waals surface area contributed by atoms with E-state index in [-0.39, 0.29) is 0 Å². The highest BCUT2D eigenvalue weighted by Crippen LogP contribution is 2.28. The highest BCUT2D eigenvalue weighted by molar-refractivity contribution is 5.78. The Morgan fingerprint density at radius 1 is 1.50 bits per heavy atom. The van der Waals surface area contributed by atoms with E-state index in [2.05, 4.69) is 9.97 Å². The zero-order valence-corrected chi connectivity index (χ0v) is 7.56. The number of nitrogens with zero attached hydrogens (tertiary/aromatic N) is 3. The molecule has 0 aromatic carbocycles. The van der Waals surface area contributed by atoms with Crippen molar-refractivity contribution >= 4 is 5.97 Å². The Bertz CT molecular complexity index is 453. The molecule has 1 aromatic rings. The van der Waals surface area contributed by atoms with Crippen LogP contribution in [0.1, 0.15) is 17.3 Å². The number of halogens is 3. The van der Waals surface area contributed by atoms with Crippen molar-refractivity contribution in [2.24, 2.45) is 0 Å². The molecule has 8 heteroatoms. The van der Waals surface area contributed by atoms with Crippen LogP contribution in [0.25, 0.3) is 0 Å². The van der Waals surface area contributed by atoms with Gasteiger partial charge in [-0.05, 0) is 6.07 Å². The second-order valence-electron chi connectivity index (χ2n) is 2.73. The van der Waals surface area contributed by atoms with Gasteiger partial charge in [0.05, 0.1) is 11.8 Å². The summed E-state index contributed by atoms with van der Waals surface area (Å²) in [5.41, 5.74) is -1.77. The molecular weight excluding hydrogens is 227 g/mol. The largest absolute Gasteiger partial charge is 0.480 e. The van der Waals surface area contributed by atoms with Crippen LogP contribution in [0.5, 0.6) is 0 Å². The minimum atomic E-state index is -4.70. The van der Waals surface area contributed by atoms with E-state index in [4.69, 9.17) is 10.4 Å². The first-order chi connectivity index (χ1) is 7.36. The number of aliphatic carboxylic acids is 1. The van der Waals surface area contributed by atoms with Crippen LogP contribution in [0.15, 0.2) is 12.4 Å². The number of alkyl halides is 3. The molecule has 0 aliphatic heterocycles. The molecule has 0 aliphatic rings. The molecular formula is C8H4F3N3O2. The van der Waals surface area contributed by atoms with Gasteiger partial charge in [-0.15, -0.1) is 0 Å². The van der Waals surface area contributed by atoms with Crippen molar-refractivity contribution in [1.29, 1.82) is 5.26 Å². The van der Waals surface area contributed by atoms with E-state index in [0.717, 1.165) is 0 Å². The van der Waals surface area contributed by atoms with Crippen LogP contribution >= 0.6 is 0 Å². The van der Waals surface area contributed by atoms with Gasteiger partial charge in [-0.1, -0.05) is 0 Å². The van der Waals surface area contributed by atoms with Gasteiger partial charge in [-0.2, -0.15) is 18.4 Å². The number of carbonyl (C=O) groups is 1. The fraction of sp³-hybridized carbons (Fsp3) is 0.250. The first-order valence-corrected chi connectivity index (χ1v) is 3.88. The molecule has 0 radical (unpaired) electrons. The summed E-state index contributed by atoms with van der Waals surface area (Å²) >= 11 is 0. The van der Waals surface area contributed by atoms with E-state index >= 15 is 0 Å². The monoisotopic (exact) mass is 231 g/mol. The lowest BCUT2D eigenvalue weighted by Gasteiger charge is -2.07. The summed E-state index contributed by atoms with van der Waals surface area (Å²) in [5.74, 6) is -3.29. The fourth-order valence-electron chi connectivity index (χ4n) is 0.933. The number of rotatable bonds is 2. The Morgan fingerprint density at radius 2 is 2.12 bits per heavy atom. The minimum absolute atomic E-state index is 0.446. The second kappa shape index (κ2) is 4.14. The lowest BCUT2D eigenvalue weighted by atomic mass is 10.1. The van der Waals surface area contributed by atoms with Crippen molar-refractivity contribution in [1.82, 2.24) is 9.97 Å². The predicted octanol–water partition coefficient (Wildman–Crippen LogP) is 1.19. The van der Waals surface area contributed by atoms with Crippen LogP contribution in [-0.2, 0) is 11.0 Å². The lowest BCUT2D eigenvalue weighted by Crippen LogP contribution is -2.14. The molecule has 1 N–H and O–H groups in total. The summed E-state index contributed by atoms with van der Waals surface area (Å²) in [5, 5.41) is 17.0. The number of carboxylic acids is 1. The SMILES string of the molecule is N#CC(C(=O)O)c1cc(C(F)(F)F)ncn1. The molecule has 1 aromatic heterocycles. The summed E-state index contributed by atoms with van der Waals surface area (Å²) < 4.78 is 36.6. The minimum Gasteiger partial charge on any atom is -0.480 e. The fourth-order valence-corrected chi connectivity index (χ4v) is 0.933. The second-order valence-corrected chi connectivity index (χ2v) is 2.73. The number of carboxylic acid groups (broad SMARTS) is 1. The van der Waals surface area contributed by atoms with Crippen molar-refractivity contribution in [3.63, 3.8) is 0 Å². The van der Waals surface area contributed by atoms with E-state index in [1.54, 1.807) is 0 Å². The van der Waals surface area contributed by atoms with Crippen LogP contribution in [0, 0.1) is 11.3 Å². The molecule has 0 saturated carbocycles. The Labute approximate surface area is 87.2 Å². The quantitative estimate of drug-likeness (QED) is 0.825. The third-order valence-electron chi connectivity index (χ3n) is 1.65. The summed E-state index contributed by atoms with van der Waals surface area (Å²) in [4.78, 5) is 16.8. The van der Waals surface area contributed by atoms with E-state index in [9.17, 15) is 18.0 Å². The van der Waals surface area contributed by atoms with E-state index in [0.29, 0.717) is 12.4 Å². The number of nitriles is 1. The molecule has 0 bridgehead atoms. The molecule has 0 spiro atoms. The van der Waals surface area contributed by atoms with Crippen molar-refractivity contribution < 1.29 is 23.1 Å². The molecule has 1 heterocycles. The Hall–Kier alpha value is -2.17. The van der Waals surface area contributed by atoms with Crippen molar-refractivity contribution in [2.75, 3.05) is 0 Å². The van der Waals surface area contributed by atoms with Crippen molar-refractivity contribution in [3.05, 3.63) is 23.8 Å². The van der Waals surface area contributed by atoms with Crippen LogP contribution in [0.3, 0.4) is 0 Å². The lowest BCUT2D eigenvalue weighted by molar-refractivity contribution is -0.142. The van der Waals surface area contributed by atoms with Crippen LogP contribution < -0.4 is 0 Å². The van der Waals surface area contributed by atoms with Crippen molar-refractivity contribution in [2.45, 2.75) is 12.1 Å². The highest BCUT2D eigenvalue weighted by Gasteiger charge is 2.34. The molecule has 84 valence electrons. The Kier molecular flexibility index (Phi) is 3.08. The molecule has 1 unspecified atom stereocenters. The van der Waals surface area contributed by atoms with E-state index in [1.165, 1.54) is 6.07 Å². The van der Waals surface area contributed by atoms with Gasteiger partial charge in [0, 0.05) is 0 Å². The van der Waals surface area contributed by atoms with Crippen LogP contribution in [0.4, 0.5) is 13.2 Å². The van der Waals surface area contributed by atoms with Gasteiger partial charge in [-0.25, -0.2) is 9.97 Å². The Balaban J connectivity index is 3.18. The molecule has 1 rings (SSSR count). The van der Waals surface area contributed by atoms with E-state index < -0.39 is 29.5 Å². The predicted molar refractivity (Wildman–Crippen MR) is 43.0 cm³/mol. The summed E-state index contributed by atoms with van der Waals surface area (Å²) in [6, 6.07) is 1.79. The molecule has 16 heavy (non-hydrogen) atoms. The van der Waals surface area contributed by atoms with Crippen molar-refractivity contribution in [3.8, 4) is 6.07 Å². The molecule has 0 saturated heterocycles. The number of aromatic nitrogens is 2. The summed E-state index contributed by atoms with van der Waals surface area (Å²) in [7, 11) is 0. The third-order valence-corrected chi connectivity index (χ3v) is 1.65. The van der Waals surface area contributed by atoms with Crippen LogP contribution in [-0.4, -0.2) is 21.0 Å². The zero-order valence-electron chi connectivity index (χ0n) is 7.56. The normalized spacial score (nSPS) is 12.9. The van der Waals surface area contributed by atoms with Crippen LogP contribution in [0.2, 0.25) is 0 Å². The molecule has 5 nitrogen and oxygen atoms in total. The first kappa shape index (κ1) is 11.9. The standard InChI is InChI=1S/C8H4F3N3O2/c9-8(10,11)6-1-5(13-3-14-6)4(2-12)7(15)16/h1,3-4H,(H,15,16). The smallest absolute Gasteiger partial charge is 0.433 e. The summed E-state index contributed by atoms with van der Waals surface area (Å²) in [6.45, 7) is 0. The maximum Gasteiger partial charge on any atom is 0.433 e. The molecule has 1 atom stereocenters. The van der Waals surface area contributed by atoms with E-state index in [1.807, 2.05) is 0 Å². The van der Waals surface area contributed by atoms with Gasteiger partial charge >= 0.3 is 12.1 Å². The number of hydrogen-bond donors (Lipinski definition) is 1. The van der Waals surface area contributed by atoms with Gasteiger partial charge in [0.15, 0.2) is 5.92 Å². The average molecular weight is 231 g/mol. The molecule has 0 aliphatic carbocycles. The zero-order chi connectivity index (χ0) is 12.3. The average Bonchev–Trinajstić information content (AvgIpc) is 2.17. The topological polar surface area (TPSA) is 86.9 Å². The van der Waals surface area contributed by atoms with Gasteiger partial charge < -0.3 is 5.11 Å². The third kappa shape index (κ3) is 2.44. The number of hydrogen-bond acceptors (Lipinski definition) is 4. The van der Waals surface area contributed by atoms with Gasteiger partial charge in [0.25, 0.3) is 0 Å². The maximum absolute atomic E-state index is 12.2. The van der Waals surface area contributed by atoms with Gasteiger partial charge in [0.2, 0.25) is 0 Å². The maximum atomic E-state index is 12.2. The first-order valence-electron chi connectivity index (χ1n) is 3.88. The molecule has 0 amide bonds. The highest BCUT2D eigenvalue weighted by atomic mass is 19.4. The molecule has 0 fully saturated rings. The van der Waals surface area contributed by atoms with Gasteiger partial charge in [-0.3, -0.25) is 4.79 Å². The summed E-state index contributed by atoms with van der Waals surface area (Å²) in [6.07, 6.45) is -4.12. The van der Waals surface area contributed by atoms with Gasteiger partial charge in [0.1, 0.15) is 12.0 Å².